The monoisotopic (exact) mass is 519 g/mol. The van der Waals surface area contributed by atoms with E-state index in [2.05, 4.69) is 58.7 Å². The summed E-state index contributed by atoms with van der Waals surface area (Å²) in [5.41, 5.74) is 4.20. The van der Waals surface area contributed by atoms with Gasteiger partial charge in [-0.1, -0.05) is 56.9 Å². The summed E-state index contributed by atoms with van der Waals surface area (Å²) in [7, 11) is -3.88. The van der Waals surface area contributed by atoms with Crippen LogP contribution in [0.4, 0.5) is 5.69 Å². The van der Waals surface area contributed by atoms with Crippen molar-refractivity contribution in [3.63, 3.8) is 0 Å². The van der Waals surface area contributed by atoms with Gasteiger partial charge in [0.25, 0.3) is 10.2 Å². The molecule has 4 rings (SSSR count). The first-order valence-electron chi connectivity index (χ1n) is 12.6. The van der Waals surface area contributed by atoms with Gasteiger partial charge < -0.3 is 10.0 Å². The van der Waals surface area contributed by atoms with Crippen molar-refractivity contribution >= 4 is 32.6 Å². The van der Waals surface area contributed by atoms with Crippen LogP contribution < -0.4 is 9.62 Å². The number of hydrogen-bond donors (Lipinski definition) is 2. The van der Waals surface area contributed by atoms with Crippen molar-refractivity contribution in [3.05, 3.63) is 77.4 Å². The maximum absolute atomic E-state index is 12.7. The fourth-order valence-electron chi connectivity index (χ4n) is 4.52. The van der Waals surface area contributed by atoms with Crippen molar-refractivity contribution in [1.82, 2.24) is 9.03 Å². The molecular formula is C29H33N3O4S. The van der Waals surface area contributed by atoms with Gasteiger partial charge in [-0.2, -0.15) is 17.4 Å². The molecule has 7 nitrogen and oxygen atoms in total. The van der Waals surface area contributed by atoms with E-state index in [0.717, 1.165) is 23.2 Å². The molecule has 1 saturated heterocycles. The molecule has 0 unspecified atom stereocenters. The topological polar surface area (TPSA) is 90.0 Å². The number of carbonyl (C=O) groups is 1. The van der Waals surface area contributed by atoms with Gasteiger partial charge in [0.1, 0.15) is 6.04 Å². The van der Waals surface area contributed by atoms with Crippen LogP contribution in [-0.2, 0) is 21.4 Å². The number of carboxylic acid groups (broad SMARTS) is 1. The number of anilines is 1. The van der Waals surface area contributed by atoms with Gasteiger partial charge in [0.05, 0.1) is 0 Å². The third kappa shape index (κ3) is 6.31. The minimum Gasteiger partial charge on any atom is -0.480 e. The summed E-state index contributed by atoms with van der Waals surface area (Å²) in [5.74, 6) is 4.99. The Balaban J connectivity index is 1.39. The van der Waals surface area contributed by atoms with E-state index in [1.54, 1.807) is 13.8 Å². The minimum atomic E-state index is -3.88. The number of aliphatic carboxylic acids is 1. The molecule has 3 aromatic carbocycles. The Kier molecular flexibility index (Phi) is 8.18. The van der Waals surface area contributed by atoms with Crippen molar-refractivity contribution in [2.45, 2.75) is 33.2 Å². The van der Waals surface area contributed by atoms with Gasteiger partial charge in [-0.15, -0.1) is 0 Å². The maximum Gasteiger partial charge on any atom is 0.322 e. The average Bonchev–Trinajstić information content (AvgIpc) is 2.90. The average molecular weight is 520 g/mol. The summed E-state index contributed by atoms with van der Waals surface area (Å²) in [6.45, 7) is 7.11. The number of rotatable bonds is 7. The van der Waals surface area contributed by atoms with Crippen LogP contribution in [0.1, 0.15) is 37.5 Å². The number of benzene rings is 3. The number of nitrogens with one attached hydrogen (secondary N) is 1. The highest BCUT2D eigenvalue weighted by atomic mass is 32.2. The van der Waals surface area contributed by atoms with Gasteiger partial charge in [0.15, 0.2) is 0 Å². The molecule has 1 fully saturated rings. The Labute approximate surface area is 219 Å². The summed E-state index contributed by atoms with van der Waals surface area (Å²) in [4.78, 5) is 13.5. The fourth-order valence-corrected chi connectivity index (χ4v) is 6.00. The maximum atomic E-state index is 12.7. The molecule has 37 heavy (non-hydrogen) atoms. The lowest BCUT2D eigenvalue weighted by atomic mass is 10.0. The van der Waals surface area contributed by atoms with Gasteiger partial charge in [-0.05, 0) is 65.1 Å². The van der Waals surface area contributed by atoms with E-state index in [9.17, 15) is 18.3 Å². The van der Waals surface area contributed by atoms with E-state index in [-0.39, 0.29) is 19.0 Å². The Morgan fingerprint density at radius 1 is 0.973 bits per heavy atom. The van der Waals surface area contributed by atoms with Crippen molar-refractivity contribution in [2.24, 2.45) is 5.92 Å². The zero-order valence-electron chi connectivity index (χ0n) is 21.4. The SMILES string of the molecule is CCc1cccc2ccc(C#Cc3ccc(N4CCN(S(=O)(=O)N[C@@H](C(=O)O)C(C)C)CC4)cc3)cc12. The number of piperazine rings is 1. The van der Waals surface area contributed by atoms with Gasteiger partial charge in [-0.3, -0.25) is 4.79 Å². The molecule has 0 saturated carbocycles. The lowest BCUT2D eigenvalue weighted by Gasteiger charge is -2.36. The number of aryl methyl sites for hydroxylation is 1. The Morgan fingerprint density at radius 2 is 1.62 bits per heavy atom. The summed E-state index contributed by atoms with van der Waals surface area (Å²) in [6.07, 6.45) is 0.979. The smallest absolute Gasteiger partial charge is 0.322 e. The van der Waals surface area contributed by atoms with Crippen molar-refractivity contribution < 1.29 is 18.3 Å². The second kappa shape index (κ2) is 11.3. The molecule has 0 amide bonds. The fraction of sp³-hybridized carbons (Fsp3) is 0.345. The molecule has 3 aromatic rings. The number of hydrogen-bond acceptors (Lipinski definition) is 4. The molecule has 0 aromatic heterocycles. The van der Waals surface area contributed by atoms with E-state index in [4.69, 9.17) is 0 Å². The second-order valence-corrected chi connectivity index (χ2v) is 11.3. The molecule has 0 spiro atoms. The summed E-state index contributed by atoms with van der Waals surface area (Å²) < 4.78 is 29.1. The first kappa shape index (κ1) is 26.7. The third-order valence-corrected chi connectivity index (χ3v) is 8.32. The molecular weight excluding hydrogens is 486 g/mol. The molecule has 1 atom stereocenters. The van der Waals surface area contributed by atoms with Crippen molar-refractivity contribution in [2.75, 3.05) is 31.1 Å². The summed E-state index contributed by atoms with van der Waals surface area (Å²) in [5, 5.41) is 11.8. The van der Waals surface area contributed by atoms with Crippen LogP contribution in [0.2, 0.25) is 0 Å². The zero-order valence-corrected chi connectivity index (χ0v) is 22.3. The van der Waals surface area contributed by atoms with Crippen molar-refractivity contribution in [3.8, 4) is 11.8 Å². The highest BCUT2D eigenvalue weighted by Gasteiger charge is 2.32. The Hall–Kier alpha value is -3.38. The number of carboxylic acids is 1. The van der Waals surface area contributed by atoms with Crippen LogP contribution in [-0.4, -0.2) is 56.0 Å². The van der Waals surface area contributed by atoms with Crippen LogP contribution in [0.3, 0.4) is 0 Å². The van der Waals surface area contributed by atoms with E-state index >= 15 is 0 Å². The summed E-state index contributed by atoms with van der Waals surface area (Å²) >= 11 is 0. The van der Waals surface area contributed by atoms with Gasteiger partial charge >= 0.3 is 5.97 Å². The number of fused-ring (bicyclic) bond motifs is 1. The lowest BCUT2D eigenvalue weighted by molar-refractivity contribution is -0.140. The molecule has 1 heterocycles. The zero-order chi connectivity index (χ0) is 26.6. The lowest BCUT2D eigenvalue weighted by Crippen LogP contribution is -2.55. The second-order valence-electron chi connectivity index (χ2n) is 9.57. The molecule has 0 bridgehead atoms. The standard InChI is InChI=1S/C29H33N3O4S/c1-4-24-6-5-7-25-13-10-23(20-27(24)25)9-8-22-11-14-26(15-12-22)31-16-18-32(19-17-31)37(35,36)30-28(21(2)3)29(33)34/h5-7,10-15,20-21,28,30H,4,16-19H2,1-3H3,(H,33,34)/t28-/m1/s1. The molecule has 0 aliphatic carbocycles. The van der Waals surface area contributed by atoms with E-state index in [1.807, 2.05) is 30.3 Å². The Morgan fingerprint density at radius 3 is 2.24 bits per heavy atom. The van der Waals surface area contributed by atoms with Crippen LogP contribution in [0.15, 0.2) is 60.7 Å². The quantitative estimate of drug-likeness (QED) is 0.463. The molecule has 1 aliphatic rings. The van der Waals surface area contributed by atoms with Crippen LogP contribution in [0, 0.1) is 17.8 Å². The van der Waals surface area contributed by atoms with Crippen LogP contribution >= 0.6 is 0 Å². The van der Waals surface area contributed by atoms with Crippen LogP contribution in [0.25, 0.3) is 10.8 Å². The highest BCUT2D eigenvalue weighted by Crippen LogP contribution is 2.21. The van der Waals surface area contributed by atoms with Gasteiger partial charge in [0, 0.05) is 43.0 Å². The van der Waals surface area contributed by atoms with Crippen LogP contribution in [0.5, 0.6) is 0 Å². The predicted octanol–water partition coefficient (Wildman–Crippen LogP) is 3.87. The van der Waals surface area contributed by atoms with E-state index in [1.165, 1.54) is 20.6 Å². The summed E-state index contributed by atoms with van der Waals surface area (Å²) in [6, 6.07) is 19.5. The minimum absolute atomic E-state index is 0.281. The van der Waals surface area contributed by atoms with Gasteiger partial charge in [0.2, 0.25) is 0 Å². The normalized spacial score (nSPS) is 15.4. The Bertz CT molecular complexity index is 1430. The predicted molar refractivity (Wildman–Crippen MR) is 148 cm³/mol. The van der Waals surface area contributed by atoms with Crippen molar-refractivity contribution in [1.29, 1.82) is 0 Å². The van der Waals surface area contributed by atoms with E-state index in [0.29, 0.717) is 13.1 Å². The first-order chi connectivity index (χ1) is 17.7. The molecule has 8 heteroatoms. The highest BCUT2D eigenvalue weighted by molar-refractivity contribution is 7.87. The molecule has 194 valence electrons. The van der Waals surface area contributed by atoms with Gasteiger partial charge in [-0.25, -0.2) is 0 Å². The largest absolute Gasteiger partial charge is 0.480 e. The molecule has 0 radical (unpaired) electrons. The first-order valence-corrected chi connectivity index (χ1v) is 14.0. The molecule has 1 aliphatic heterocycles. The number of nitrogens with zero attached hydrogens (tertiary/aromatic N) is 2. The molecule has 2 N–H and O–H groups in total. The third-order valence-electron chi connectivity index (χ3n) is 6.72. The van der Waals surface area contributed by atoms with E-state index < -0.39 is 22.2 Å².